The molecular weight excluding hydrogens is 356 g/mol. The molecule has 1 aliphatic heterocycles. The van der Waals surface area contributed by atoms with Crippen LogP contribution in [0.25, 0.3) is 0 Å². The van der Waals surface area contributed by atoms with Gasteiger partial charge in [-0.1, -0.05) is 30.3 Å². The van der Waals surface area contributed by atoms with Gasteiger partial charge in [-0.3, -0.25) is 9.59 Å². The Kier molecular flexibility index (Phi) is 4.86. The summed E-state index contributed by atoms with van der Waals surface area (Å²) < 4.78 is 5.04. The Balaban J connectivity index is 1.42. The average molecular weight is 378 g/mol. The molecule has 1 heterocycles. The molecule has 0 spiro atoms. The van der Waals surface area contributed by atoms with Crippen molar-refractivity contribution in [3.05, 3.63) is 59.7 Å². The summed E-state index contributed by atoms with van der Waals surface area (Å²) in [7, 11) is 0. The lowest BCUT2D eigenvalue weighted by Crippen LogP contribution is -2.32. The van der Waals surface area contributed by atoms with Gasteiger partial charge in [0.05, 0.1) is 29.7 Å². The van der Waals surface area contributed by atoms with Gasteiger partial charge in [-0.25, -0.2) is 4.79 Å². The summed E-state index contributed by atoms with van der Waals surface area (Å²) in [6.07, 6.45) is 1.38. The summed E-state index contributed by atoms with van der Waals surface area (Å²) >= 11 is 0. The first kappa shape index (κ1) is 18.2. The van der Waals surface area contributed by atoms with Crippen LogP contribution in [0.3, 0.4) is 0 Å². The van der Waals surface area contributed by atoms with Gasteiger partial charge in [0.1, 0.15) is 0 Å². The van der Waals surface area contributed by atoms with Crippen molar-refractivity contribution in [1.82, 2.24) is 0 Å². The summed E-state index contributed by atoms with van der Waals surface area (Å²) in [4.78, 5) is 39.4. The fourth-order valence-corrected chi connectivity index (χ4v) is 3.73. The topological polar surface area (TPSA) is 75.7 Å². The van der Waals surface area contributed by atoms with E-state index in [0.717, 1.165) is 12.1 Å². The van der Waals surface area contributed by atoms with Gasteiger partial charge in [0.15, 0.2) is 0 Å². The second kappa shape index (κ2) is 7.46. The van der Waals surface area contributed by atoms with Crippen LogP contribution in [0.1, 0.15) is 29.3 Å². The molecule has 28 heavy (non-hydrogen) atoms. The molecule has 0 bridgehead atoms. The molecule has 4 rings (SSSR count). The van der Waals surface area contributed by atoms with Gasteiger partial charge in [-0.15, -0.1) is 0 Å². The van der Waals surface area contributed by atoms with Crippen LogP contribution in [0.5, 0.6) is 0 Å². The Morgan fingerprint density at radius 2 is 1.82 bits per heavy atom. The quantitative estimate of drug-likeness (QED) is 0.812. The van der Waals surface area contributed by atoms with E-state index in [-0.39, 0.29) is 30.3 Å². The minimum Gasteiger partial charge on any atom is -0.462 e. The maximum absolute atomic E-state index is 12.9. The molecule has 1 N–H and O–H groups in total. The van der Waals surface area contributed by atoms with Gasteiger partial charge in [0.2, 0.25) is 11.8 Å². The summed E-state index contributed by atoms with van der Waals surface area (Å²) in [5.41, 5.74) is 2.84. The smallest absolute Gasteiger partial charge is 0.340 e. The predicted octanol–water partition coefficient (Wildman–Crippen LogP) is 3.03. The molecule has 6 nitrogen and oxygen atoms in total. The highest BCUT2D eigenvalue weighted by Crippen LogP contribution is 2.43. The predicted molar refractivity (Wildman–Crippen MR) is 105 cm³/mol. The molecule has 0 radical (unpaired) electrons. The highest BCUT2D eigenvalue weighted by Gasteiger charge is 2.50. The number of anilines is 2. The van der Waals surface area contributed by atoms with E-state index in [1.165, 1.54) is 5.56 Å². The lowest BCUT2D eigenvalue weighted by molar-refractivity contribution is -0.123. The Morgan fingerprint density at radius 3 is 2.64 bits per heavy atom. The number of hydrogen-bond donors (Lipinski definition) is 1. The van der Waals surface area contributed by atoms with Crippen molar-refractivity contribution in [3.63, 3.8) is 0 Å². The van der Waals surface area contributed by atoms with Gasteiger partial charge in [0, 0.05) is 12.2 Å². The molecule has 1 saturated carbocycles. The number of hydrogen-bond acceptors (Lipinski definition) is 4. The Hall–Kier alpha value is -3.15. The van der Waals surface area contributed by atoms with E-state index in [2.05, 4.69) is 5.32 Å². The zero-order valence-electron chi connectivity index (χ0n) is 15.7. The van der Waals surface area contributed by atoms with Crippen LogP contribution in [0.15, 0.2) is 48.5 Å². The number of ether oxygens (including phenoxy) is 1. The number of esters is 1. The first-order valence-corrected chi connectivity index (χ1v) is 9.56. The minimum atomic E-state index is -0.476. The molecule has 2 aromatic rings. The van der Waals surface area contributed by atoms with Crippen LogP contribution in [-0.2, 0) is 20.7 Å². The van der Waals surface area contributed by atoms with Gasteiger partial charge in [-0.2, -0.15) is 0 Å². The number of carbonyl (C=O) groups excluding carboxylic acids is 3. The van der Waals surface area contributed by atoms with Crippen molar-refractivity contribution in [2.24, 2.45) is 11.8 Å². The molecule has 1 aliphatic carbocycles. The molecule has 2 amide bonds. The Morgan fingerprint density at radius 1 is 1.07 bits per heavy atom. The summed E-state index contributed by atoms with van der Waals surface area (Å²) in [5.74, 6) is -1.38. The van der Waals surface area contributed by atoms with Crippen molar-refractivity contribution in [3.8, 4) is 0 Å². The molecule has 2 unspecified atom stereocenters. The van der Waals surface area contributed by atoms with E-state index < -0.39 is 5.97 Å². The third kappa shape index (κ3) is 3.38. The van der Waals surface area contributed by atoms with Crippen LogP contribution in [-0.4, -0.2) is 30.9 Å². The largest absolute Gasteiger partial charge is 0.462 e. The van der Waals surface area contributed by atoms with Crippen LogP contribution >= 0.6 is 0 Å². The SMILES string of the molecule is CCOC(=O)c1ccccc1NC(=O)C1CC1C(=O)N1CCc2ccccc21. The van der Waals surface area contributed by atoms with E-state index in [1.807, 2.05) is 24.3 Å². The number of nitrogens with one attached hydrogen (secondary N) is 1. The van der Waals surface area contributed by atoms with Crippen molar-refractivity contribution in [2.75, 3.05) is 23.4 Å². The van der Waals surface area contributed by atoms with E-state index in [4.69, 9.17) is 4.74 Å². The molecule has 144 valence electrons. The number of para-hydroxylation sites is 2. The highest BCUT2D eigenvalue weighted by atomic mass is 16.5. The minimum absolute atomic E-state index is 0.00350. The van der Waals surface area contributed by atoms with E-state index >= 15 is 0 Å². The molecule has 0 aromatic heterocycles. The average Bonchev–Trinajstić information content (AvgIpc) is 3.40. The summed E-state index contributed by atoms with van der Waals surface area (Å²) in [6.45, 7) is 2.66. The van der Waals surface area contributed by atoms with Gasteiger partial charge >= 0.3 is 5.97 Å². The maximum atomic E-state index is 12.9. The van der Waals surface area contributed by atoms with Crippen molar-refractivity contribution < 1.29 is 19.1 Å². The fourth-order valence-electron chi connectivity index (χ4n) is 3.73. The Bertz CT molecular complexity index is 940. The third-order valence-corrected chi connectivity index (χ3v) is 5.28. The van der Waals surface area contributed by atoms with Crippen LogP contribution in [0, 0.1) is 11.8 Å². The number of amides is 2. The van der Waals surface area contributed by atoms with Gasteiger partial charge < -0.3 is 15.0 Å². The third-order valence-electron chi connectivity index (χ3n) is 5.28. The molecule has 0 saturated heterocycles. The van der Waals surface area contributed by atoms with Gasteiger partial charge in [0.25, 0.3) is 0 Å². The number of carbonyl (C=O) groups is 3. The van der Waals surface area contributed by atoms with Crippen molar-refractivity contribution in [2.45, 2.75) is 19.8 Å². The zero-order chi connectivity index (χ0) is 19.7. The van der Waals surface area contributed by atoms with E-state index in [9.17, 15) is 14.4 Å². The summed E-state index contributed by atoms with van der Waals surface area (Å²) in [5, 5.41) is 2.80. The number of nitrogens with zero attached hydrogens (tertiary/aromatic N) is 1. The second-order valence-electron chi connectivity index (χ2n) is 7.07. The maximum Gasteiger partial charge on any atom is 0.340 e. The highest BCUT2D eigenvalue weighted by molar-refractivity contribution is 6.07. The lowest BCUT2D eigenvalue weighted by atomic mass is 10.1. The van der Waals surface area contributed by atoms with Crippen LogP contribution in [0.2, 0.25) is 0 Å². The van der Waals surface area contributed by atoms with Crippen molar-refractivity contribution >= 4 is 29.2 Å². The zero-order valence-corrected chi connectivity index (χ0v) is 15.7. The lowest BCUT2D eigenvalue weighted by Gasteiger charge is -2.17. The Labute approximate surface area is 163 Å². The number of benzene rings is 2. The second-order valence-corrected chi connectivity index (χ2v) is 7.07. The molecule has 6 heteroatoms. The molecule has 2 aliphatic rings. The first-order valence-electron chi connectivity index (χ1n) is 9.56. The molecule has 1 fully saturated rings. The number of rotatable bonds is 5. The molecular formula is C22H22N2O4. The van der Waals surface area contributed by atoms with Crippen LogP contribution < -0.4 is 10.2 Å². The number of fused-ring (bicyclic) bond motifs is 1. The molecule has 2 aromatic carbocycles. The van der Waals surface area contributed by atoms with E-state index in [1.54, 1.807) is 36.1 Å². The summed E-state index contributed by atoms with van der Waals surface area (Å²) in [6, 6.07) is 14.6. The standard InChI is InChI=1S/C22H22N2O4/c1-2-28-22(27)15-8-4-5-9-18(15)23-20(25)16-13-17(16)21(26)24-12-11-14-7-3-6-10-19(14)24/h3-10,16-17H,2,11-13H2,1H3,(H,23,25). The first-order chi connectivity index (χ1) is 13.6. The van der Waals surface area contributed by atoms with E-state index in [0.29, 0.717) is 24.2 Å². The fraction of sp³-hybridized carbons (Fsp3) is 0.318. The van der Waals surface area contributed by atoms with Gasteiger partial charge in [-0.05, 0) is 43.5 Å². The normalized spacial score (nSPS) is 19.7. The van der Waals surface area contributed by atoms with Crippen LogP contribution in [0.4, 0.5) is 11.4 Å². The molecule has 2 atom stereocenters. The monoisotopic (exact) mass is 378 g/mol. The van der Waals surface area contributed by atoms with Crippen molar-refractivity contribution in [1.29, 1.82) is 0 Å².